The topological polar surface area (TPSA) is 82.5 Å². The average Bonchev–Trinajstić information content (AvgIpc) is 3.36. The van der Waals surface area contributed by atoms with Crippen LogP contribution in [0.25, 0.3) is 10.8 Å². The summed E-state index contributed by atoms with van der Waals surface area (Å²) in [7, 11) is 0. The van der Waals surface area contributed by atoms with Crippen molar-refractivity contribution >= 4 is 39.6 Å². The number of hydrogen-bond acceptors (Lipinski definition) is 5. The highest BCUT2D eigenvalue weighted by molar-refractivity contribution is 7.10. The number of carbonyl (C=O) groups excluding carboxylic acids is 2. The van der Waals surface area contributed by atoms with Gasteiger partial charge in [-0.15, -0.1) is 11.3 Å². The SMILES string of the molecule is O=C(Nc1cccc2cc(O)ccc12)c1csc(C2CCN(C(=O)Cc3ccc(F)cc3)CC2)n1. The van der Waals surface area contributed by atoms with Gasteiger partial charge in [0, 0.05) is 35.5 Å². The molecule has 5 rings (SSSR count). The molecule has 1 aliphatic heterocycles. The fourth-order valence-electron chi connectivity index (χ4n) is 4.41. The minimum absolute atomic E-state index is 0.0395. The zero-order chi connectivity index (χ0) is 24.4. The van der Waals surface area contributed by atoms with Crippen molar-refractivity contribution in [2.75, 3.05) is 18.4 Å². The van der Waals surface area contributed by atoms with Gasteiger partial charge in [0.25, 0.3) is 5.91 Å². The number of phenols is 1. The van der Waals surface area contributed by atoms with Gasteiger partial charge in [-0.1, -0.05) is 24.3 Å². The van der Waals surface area contributed by atoms with Crippen LogP contribution in [-0.2, 0) is 11.2 Å². The lowest BCUT2D eigenvalue weighted by Crippen LogP contribution is -2.38. The molecule has 4 aromatic rings. The Kier molecular flexibility index (Phi) is 6.46. The van der Waals surface area contributed by atoms with Crippen LogP contribution in [0.4, 0.5) is 10.1 Å². The van der Waals surface area contributed by atoms with Crippen LogP contribution in [0.3, 0.4) is 0 Å². The minimum Gasteiger partial charge on any atom is -0.508 e. The zero-order valence-corrected chi connectivity index (χ0v) is 19.7. The molecule has 3 aromatic carbocycles. The van der Waals surface area contributed by atoms with Crippen LogP contribution in [0.5, 0.6) is 5.75 Å². The second kappa shape index (κ2) is 9.84. The summed E-state index contributed by atoms with van der Waals surface area (Å²) in [5.74, 6) is -0.168. The highest BCUT2D eigenvalue weighted by Crippen LogP contribution is 2.31. The van der Waals surface area contributed by atoms with Crippen molar-refractivity contribution in [1.82, 2.24) is 9.88 Å². The molecule has 0 saturated carbocycles. The number of thiazole rings is 1. The summed E-state index contributed by atoms with van der Waals surface area (Å²) in [6, 6.07) is 16.6. The summed E-state index contributed by atoms with van der Waals surface area (Å²) in [6.07, 6.45) is 1.84. The number of hydrogen-bond donors (Lipinski definition) is 2. The van der Waals surface area contributed by atoms with Gasteiger partial charge in [0.2, 0.25) is 5.91 Å². The van der Waals surface area contributed by atoms with Gasteiger partial charge < -0.3 is 15.3 Å². The Morgan fingerprint density at radius 1 is 1.09 bits per heavy atom. The van der Waals surface area contributed by atoms with E-state index in [4.69, 9.17) is 0 Å². The lowest BCUT2D eigenvalue weighted by Gasteiger charge is -2.31. The summed E-state index contributed by atoms with van der Waals surface area (Å²) in [4.78, 5) is 31.9. The number of rotatable bonds is 5. The fourth-order valence-corrected chi connectivity index (χ4v) is 5.38. The maximum atomic E-state index is 13.1. The largest absolute Gasteiger partial charge is 0.508 e. The Hall–Kier alpha value is -3.78. The third-order valence-corrected chi connectivity index (χ3v) is 7.34. The monoisotopic (exact) mass is 489 g/mol. The number of benzene rings is 3. The van der Waals surface area contributed by atoms with Crippen LogP contribution in [-0.4, -0.2) is 39.9 Å². The number of aromatic hydroxyl groups is 1. The van der Waals surface area contributed by atoms with E-state index in [1.165, 1.54) is 23.5 Å². The third-order valence-electron chi connectivity index (χ3n) is 6.33. The molecule has 178 valence electrons. The Balaban J connectivity index is 1.19. The zero-order valence-electron chi connectivity index (χ0n) is 18.9. The Labute approximate surface area is 206 Å². The van der Waals surface area contributed by atoms with Gasteiger partial charge in [-0.2, -0.15) is 0 Å². The van der Waals surface area contributed by atoms with Crippen molar-refractivity contribution in [2.24, 2.45) is 0 Å². The van der Waals surface area contributed by atoms with Crippen molar-refractivity contribution < 1.29 is 19.1 Å². The van der Waals surface area contributed by atoms with E-state index < -0.39 is 0 Å². The van der Waals surface area contributed by atoms with Gasteiger partial charge >= 0.3 is 0 Å². The number of fused-ring (bicyclic) bond motifs is 1. The Morgan fingerprint density at radius 3 is 2.63 bits per heavy atom. The molecule has 35 heavy (non-hydrogen) atoms. The average molecular weight is 490 g/mol. The number of carbonyl (C=O) groups is 2. The molecule has 1 aliphatic rings. The van der Waals surface area contributed by atoms with Gasteiger partial charge in [-0.25, -0.2) is 9.37 Å². The summed E-state index contributed by atoms with van der Waals surface area (Å²) in [6.45, 7) is 1.27. The second-order valence-corrected chi connectivity index (χ2v) is 9.58. The predicted octanol–water partition coefficient (Wildman–Crippen LogP) is 5.34. The molecule has 6 nitrogen and oxygen atoms in total. The molecule has 0 aliphatic carbocycles. The van der Waals surface area contributed by atoms with E-state index in [0.717, 1.165) is 34.2 Å². The van der Waals surface area contributed by atoms with Crippen molar-refractivity contribution in [3.8, 4) is 5.75 Å². The van der Waals surface area contributed by atoms with Gasteiger partial charge in [-0.05, 0) is 60.2 Å². The molecule has 2 amide bonds. The highest BCUT2D eigenvalue weighted by atomic mass is 32.1. The van der Waals surface area contributed by atoms with Gasteiger partial charge in [0.1, 0.15) is 17.3 Å². The normalized spacial score (nSPS) is 14.3. The van der Waals surface area contributed by atoms with Crippen LogP contribution in [0.2, 0.25) is 0 Å². The first-order valence-electron chi connectivity index (χ1n) is 11.5. The molecule has 1 fully saturated rings. The minimum atomic E-state index is -0.309. The van der Waals surface area contributed by atoms with E-state index in [2.05, 4.69) is 10.3 Å². The number of piperidine rings is 1. The molecule has 1 saturated heterocycles. The molecule has 8 heteroatoms. The van der Waals surface area contributed by atoms with E-state index in [-0.39, 0.29) is 35.7 Å². The van der Waals surface area contributed by atoms with Gasteiger partial charge in [0.05, 0.1) is 11.4 Å². The van der Waals surface area contributed by atoms with Crippen LogP contribution < -0.4 is 5.32 Å². The Morgan fingerprint density at radius 2 is 1.86 bits per heavy atom. The lowest BCUT2D eigenvalue weighted by atomic mass is 9.97. The Bertz CT molecular complexity index is 1380. The van der Waals surface area contributed by atoms with Crippen molar-refractivity contribution in [3.05, 3.63) is 88.1 Å². The molecular formula is C27H24FN3O3S. The molecule has 0 unspecified atom stereocenters. The maximum Gasteiger partial charge on any atom is 0.275 e. The first-order chi connectivity index (χ1) is 17.0. The number of aromatic nitrogens is 1. The first kappa shape index (κ1) is 23.0. The molecule has 0 spiro atoms. The summed E-state index contributed by atoms with van der Waals surface area (Å²) < 4.78 is 13.1. The van der Waals surface area contributed by atoms with Crippen molar-refractivity contribution in [1.29, 1.82) is 0 Å². The van der Waals surface area contributed by atoms with Crippen LogP contribution in [0, 0.1) is 5.82 Å². The van der Waals surface area contributed by atoms with E-state index in [1.54, 1.807) is 35.7 Å². The summed E-state index contributed by atoms with van der Waals surface area (Å²) >= 11 is 1.47. The number of halogens is 1. The predicted molar refractivity (Wildman–Crippen MR) is 134 cm³/mol. The summed E-state index contributed by atoms with van der Waals surface area (Å²) in [5.41, 5.74) is 1.84. The molecule has 0 radical (unpaired) electrons. The summed E-state index contributed by atoms with van der Waals surface area (Å²) in [5, 5.41) is 17.0. The van der Waals surface area contributed by atoms with Crippen LogP contribution in [0.1, 0.15) is 39.8 Å². The highest BCUT2D eigenvalue weighted by Gasteiger charge is 2.26. The number of amides is 2. The molecule has 1 aromatic heterocycles. The number of nitrogens with zero attached hydrogens (tertiary/aromatic N) is 2. The van der Waals surface area contributed by atoms with Crippen molar-refractivity contribution in [3.63, 3.8) is 0 Å². The van der Waals surface area contributed by atoms with Gasteiger partial charge in [-0.3, -0.25) is 9.59 Å². The number of nitrogens with one attached hydrogen (secondary N) is 1. The van der Waals surface area contributed by atoms with E-state index in [0.29, 0.717) is 24.5 Å². The lowest BCUT2D eigenvalue weighted by molar-refractivity contribution is -0.131. The van der Waals surface area contributed by atoms with E-state index in [1.807, 2.05) is 23.1 Å². The standard InChI is InChI=1S/C27H24FN3O3S/c28-20-6-4-17(5-7-20)14-25(33)31-12-10-18(11-13-31)27-30-24(16-35-27)26(34)29-23-3-1-2-19-15-21(32)8-9-22(19)23/h1-9,15-16,18,32H,10-14H2,(H,29,34). The van der Waals surface area contributed by atoms with Gasteiger partial charge in [0.15, 0.2) is 0 Å². The third kappa shape index (κ3) is 5.17. The molecule has 0 atom stereocenters. The number of phenolic OH excluding ortho intramolecular Hbond substituents is 1. The molecule has 2 heterocycles. The fraction of sp³-hybridized carbons (Fsp3) is 0.222. The molecule has 0 bridgehead atoms. The van der Waals surface area contributed by atoms with E-state index >= 15 is 0 Å². The maximum absolute atomic E-state index is 13.1. The number of likely N-dealkylation sites (tertiary alicyclic amines) is 1. The molecular weight excluding hydrogens is 465 g/mol. The van der Waals surface area contributed by atoms with Crippen molar-refractivity contribution in [2.45, 2.75) is 25.2 Å². The van der Waals surface area contributed by atoms with E-state index in [9.17, 15) is 19.1 Å². The first-order valence-corrected chi connectivity index (χ1v) is 12.3. The quantitative estimate of drug-likeness (QED) is 0.396. The smallest absolute Gasteiger partial charge is 0.275 e. The van der Waals surface area contributed by atoms with Crippen LogP contribution in [0.15, 0.2) is 66.0 Å². The van der Waals surface area contributed by atoms with Crippen LogP contribution >= 0.6 is 11.3 Å². The second-order valence-electron chi connectivity index (χ2n) is 8.69. The molecule has 2 N–H and O–H groups in total. The number of anilines is 1.